The Kier molecular flexibility index (Phi) is 3.36. The molecule has 0 aromatic heterocycles. The number of anilines is 1. The van der Waals surface area contributed by atoms with Crippen LogP contribution in [0.5, 0.6) is 0 Å². The van der Waals surface area contributed by atoms with Crippen LogP contribution in [0.2, 0.25) is 0 Å². The minimum absolute atomic E-state index is 0.0134. The number of amides is 1. The van der Waals surface area contributed by atoms with E-state index in [0.29, 0.717) is 6.07 Å². The molecule has 2 rings (SSSR count). The highest BCUT2D eigenvalue weighted by atomic mass is 35.5. The smallest absolute Gasteiger partial charge is 0.299 e. The van der Waals surface area contributed by atoms with Gasteiger partial charge >= 0.3 is 0 Å². The second-order valence-electron chi connectivity index (χ2n) is 3.56. The summed E-state index contributed by atoms with van der Waals surface area (Å²) in [5, 5.41) is 0.0930. The monoisotopic (exact) mass is 291 g/mol. The number of hydrogen-bond acceptors (Lipinski definition) is 2. The Hall–Kier alpha value is -1.46. The number of nitrogens with zero attached hydrogens (tertiary/aromatic N) is 1. The summed E-state index contributed by atoms with van der Waals surface area (Å²) < 4.78 is 26.1. The maximum Gasteiger partial charge on any atom is 0.299 e. The number of carbonyl (C=O) groups excluding carboxylic acids is 2. The fourth-order valence-corrected chi connectivity index (χ4v) is 1.82. The summed E-state index contributed by atoms with van der Waals surface area (Å²) >= 11 is 11.0. The summed E-state index contributed by atoms with van der Waals surface area (Å²) in [5.41, 5.74) is 0.829. The highest BCUT2D eigenvalue weighted by Crippen LogP contribution is 2.31. The van der Waals surface area contributed by atoms with Gasteiger partial charge < -0.3 is 0 Å². The summed E-state index contributed by atoms with van der Waals surface area (Å²) in [6, 6.07) is 1.48. The molecule has 1 aliphatic rings. The lowest BCUT2D eigenvalue weighted by Crippen LogP contribution is -2.30. The van der Waals surface area contributed by atoms with E-state index in [1.807, 2.05) is 0 Å². The zero-order valence-electron chi connectivity index (χ0n) is 8.71. The predicted molar refractivity (Wildman–Crippen MR) is 62.8 cm³/mol. The fourth-order valence-electron chi connectivity index (χ4n) is 1.63. The molecular formula is C11H5Cl2F2NO2. The van der Waals surface area contributed by atoms with Crippen LogP contribution in [0.4, 0.5) is 14.5 Å². The van der Waals surface area contributed by atoms with Crippen molar-refractivity contribution in [3.63, 3.8) is 0 Å². The molecule has 0 N–H and O–H groups in total. The van der Waals surface area contributed by atoms with Gasteiger partial charge in [-0.15, -0.1) is 0 Å². The van der Waals surface area contributed by atoms with Crippen LogP contribution < -0.4 is 4.90 Å². The topological polar surface area (TPSA) is 37.4 Å². The maximum atomic E-state index is 13.1. The molecular weight excluding hydrogens is 287 g/mol. The van der Waals surface area contributed by atoms with Crippen LogP contribution in [0.15, 0.2) is 22.7 Å². The average molecular weight is 292 g/mol. The number of benzene rings is 1. The Labute approximate surface area is 111 Å². The number of rotatable bonds is 2. The van der Waals surface area contributed by atoms with E-state index in [2.05, 4.69) is 0 Å². The van der Waals surface area contributed by atoms with Gasteiger partial charge in [0.05, 0.1) is 17.8 Å². The second kappa shape index (κ2) is 4.66. The molecule has 0 saturated heterocycles. The molecule has 7 heteroatoms. The first-order valence-electron chi connectivity index (χ1n) is 4.75. The summed E-state index contributed by atoms with van der Waals surface area (Å²) in [6.45, 7) is -0.173. The first kappa shape index (κ1) is 13.0. The molecule has 0 saturated carbocycles. The number of fused-ring (bicyclic) bond motifs is 1. The van der Waals surface area contributed by atoms with E-state index in [0.717, 1.165) is 16.5 Å². The molecule has 18 heavy (non-hydrogen) atoms. The van der Waals surface area contributed by atoms with Gasteiger partial charge in [0, 0.05) is 16.6 Å². The molecule has 0 bridgehead atoms. The van der Waals surface area contributed by atoms with Gasteiger partial charge in [0.25, 0.3) is 11.7 Å². The largest absolute Gasteiger partial charge is 0.299 e. The molecule has 0 radical (unpaired) electrons. The van der Waals surface area contributed by atoms with Crippen molar-refractivity contribution in [1.82, 2.24) is 0 Å². The zero-order valence-corrected chi connectivity index (χ0v) is 10.2. The van der Waals surface area contributed by atoms with Crippen LogP contribution in [0.25, 0.3) is 0 Å². The molecule has 3 nitrogen and oxygen atoms in total. The summed E-state index contributed by atoms with van der Waals surface area (Å²) in [4.78, 5) is 24.1. The van der Waals surface area contributed by atoms with Crippen molar-refractivity contribution in [2.45, 2.75) is 0 Å². The molecule has 0 fully saturated rings. The second-order valence-corrected chi connectivity index (χ2v) is 4.26. The third kappa shape index (κ3) is 2.00. The molecule has 0 unspecified atom stereocenters. The lowest BCUT2D eigenvalue weighted by Gasteiger charge is -2.15. The van der Waals surface area contributed by atoms with Gasteiger partial charge in [-0.05, 0) is 6.07 Å². The number of carbonyl (C=O) groups is 2. The molecule has 1 heterocycles. The zero-order chi connectivity index (χ0) is 13.4. The van der Waals surface area contributed by atoms with Gasteiger partial charge in [-0.3, -0.25) is 14.5 Å². The van der Waals surface area contributed by atoms with Crippen molar-refractivity contribution in [2.75, 3.05) is 11.4 Å². The molecule has 1 aromatic carbocycles. The van der Waals surface area contributed by atoms with Crippen molar-refractivity contribution >= 4 is 40.6 Å². The highest BCUT2D eigenvalue weighted by Gasteiger charge is 2.37. The summed E-state index contributed by atoms with van der Waals surface area (Å²) in [7, 11) is 0. The molecule has 1 aliphatic heterocycles. The van der Waals surface area contributed by atoms with Crippen LogP contribution in [0, 0.1) is 11.6 Å². The standard InChI is InChI=1S/C11H5Cl2F2NO2/c12-3-5(13)4-16-9-2-8(15)7(14)1-6(9)10(17)11(16)18/h1-3H,4H2/b5-3-. The Morgan fingerprint density at radius 3 is 2.50 bits per heavy atom. The fraction of sp³-hybridized carbons (Fsp3) is 0.0909. The molecule has 0 aliphatic carbocycles. The quantitative estimate of drug-likeness (QED) is 0.786. The Morgan fingerprint density at radius 2 is 1.89 bits per heavy atom. The van der Waals surface area contributed by atoms with Gasteiger partial charge in [0.15, 0.2) is 11.6 Å². The van der Waals surface area contributed by atoms with E-state index in [1.165, 1.54) is 0 Å². The van der Waals surface area contributed by atoms with Gasteiger partial charge in [0.1, 0.15) is 0 Å². The molecule has 1 amide bonds. The summed E-state index contributed by atoms with van der Waals surface area (Å²) in [6.07, 6.45) is 0. The van der Waals surface area contributed by atoms with Gasteiger partial charge in [-0.2, -0.15) is 0 Å². The van der Waals surface area contributed by atoms with Crippen LogP contribution in [-0.2, 0) is 4.79 Å². The van der Waals surface area contributed by atoms with Crippen molar-refractivity contribution < 1.29 is 18.4 Å². The van der Waals surface area contributed by atoms with E-state index < -0.39 is 23.3 Å². The Bertz CT molecular complexity index is 587. The van der Waals surface area contributed by atoms with Gasteiger partial charge in [-0.25, -0.2) is 8.78 Å². The van der Waals surface area contributed by atoms with Crippen LogP contribution in [0.3, 0.4) is 0 Å². The number of halogens is 4. The minimum Gasteiger partial charge on any atom is -0.299 e. The van der Waals surface area contributed by atoms with E-state index >= 15 is 0 Å². The van der Waals surface area contributed by atoms with E-state index in [9.17, 15) is 18.4 Å². The SMILES string of the molecule is O=C1C(=O)N(C/C(Cl)=C/Cl)c2cc(F)c(F)cc21. The van der Waals surface area contributed by atoms with Crippen LogP contribution in [0.1, 0.15) is 10.4 Å². The Balaban J connectivity index is 2.51. The van der Waals surface area contributed by atoms with E-state index in [4.69, 9.17) is 23.2 Å². The van der Waals surface area contributed by atoms with E-state index in [-0.39, 0.29) is 22.8 Å². The molecule has 94 valence electrons. The van der Waals surface area contributed by atoms with Crippen molar-refractivity contribution in [3.8, 4) is 0 Å². The van der Waals surface area contributed by atoms with E-state index in [1.54, 1.807) is 0 Å². The number of Topliss-reactive ketones (excluding diaryl/α,β-unsaturated/α-hetero) is 1. The van der Waals surface area contributed by atoms with Gasteiger partial charge in [0.2, 0.25) is 0 Å². The third-order valence-electron chi connectivity index (χ3n) is 2.44. The summed E-state index contributed by atoms with van der Waals surface area (Å²) in [5.74, 6) is -4.13. The maximum absolute atomic E-state index is 13.1. The first-order chi connectivity index (χ1) is 8.45. The van der Waals surface area contributed by atoms with Crippen molar-refractivity contribution in [1.29, 1.82) is 0 Å². The first-order valence-corrected chi connectivity index (χ1v) is 5.57. The lowest BCUT2D eigenvalue weighted by molar-refractivity contribution is -0.114. The Morgan fingerprint density at radius 1 is 1.28 bits per heavy atom. The minimum atomic E-state index is -1.18. The number of hydrogen-bond donors (Lipinski definition) is 0. The molecule has 0 atom stereocenters. The molecule has 0 spiro atoms. The van der Waals surface area contributed by atoms with Crippen molar-refractivity contribution in [2.24, 2.45) is 0 Å². The predicted octanol–water partition coefficient (Wildman–Crippen LogP) is 2.81. The lowest BCUT2D eigenvalue weighted by atomic mass is 10.1. The van der Waals surface area contributed by atoms with Crippen LogP contribution >= 0.6 is 23.2 Å². The highest BCUT2D eigenvalue weighted by molar-refractivity contribution is 6.52. The van der Waals surface area contributed by atoms with Crippen molar-refractivity contribution in [3.05, 3.63) is 39.9 Å². The number of ketones is 1. The molecule has 1 aromatic rings. The third-order valence-corrected chi connectivity index (χ3v) is 3.04. The van der Waals surface area contributed by atoms with Crippen LogP contribution in [-0.4, -0.2) is 18.2 Å². The normalized spacial score (nSPS) is 15.3. The average Bonchev–Trinajstić information content (AvgIpc) is 2.56. The van der Waals surface area contributed by atoms with Gasteiger partial charge in [-0.1, -0.05) is 23.2 Å².